The zero-order chi connectivity index (χ0) is 12.7. The molecule has 0 fully saturated rings. The Morgan fingerprint density at radius 2 is 2.00 bits per heavy atom. The quantitative estimate of drug-likeness (QED) is 0.289. The van der Waals surface area contributed by atoms with E-state index in [2.05, 4.69) is 9.97 Å². The summed E-state index contributed by atoms with van der Waals surface area (Å²) in [4.78, 5) is 41.0. The van der Waals surface area contributed by atoms with Crippen LogP contribution >= 0.6 is 0 Å². The number of fused-ring (bicyclic) bond motifs is 1. The summed E-state index contributed by atoms with van der Waals surface area (Å²) in [7, 11) is 2.79. The van der Waals surface area contributed by atoms with Gasteiger partial charge in [0.05, 0.1) is 0 Å². The van der Waals surface area contributed by atoms with Crippen LogP contribution in [0.4, 0.5) is 0 Å². The number of aromatic amines is 1. The van der Waals surface area contributed by atoms with Crippen molar-refractivity contribution < 1.29 is 4.79 Å². The molecule has 2 rings (SSSR count). The number of H-pyrrole nitrogens is 1. The van der Waals surface area contributed by atoms with E-state index in [1.165, 1.54) is 18.7 Å². The zero-order valence-corrected chi connectivity index (χ0v) is 9.14. The van der Waals surface area contributed by atoms with Gasteiger partial charge in [-0.2, -0.15) is 0 Å². The van der Waals surface area contributed by atoms with Gasteiger partial charge in [0, 0.05) is 14.1 Å². The molecule has 0 aromatic carbocycles. The maximum Gasteiger partial charge on any atom is 0.332 e. The number of nitrogens with zero attached hydrogens (tertiary/aromatic N) is 3. The van der Waals surface area contributed by atoms with E-state index in [1.807, 2.05) is 5.43 Å². The molecule has 0 saturated heterocycles. The van der Waals surface area contributed by atoms with E-state index in [9.17, 15) is 14.4 Å². The Labute approximate surface area is 93.8 Å². The van der Waals surface area contributed by atoms with Crippen molar-refractivity contribution in [3.05, 3.63) is 26.7 Å². The lowest BCUT2D eigenvalue weighted by atomic mass is 10.5. The van der Waals surface area contributed by atoms with Crippen molar-refractivity contribution in [3.8, 4) is 0 Å². The second-order valence-corrected chi connectivity index (χ2v) is 3.46. The van der Waals surface area contributed by atoms with E-state index in [1.54, 1.807) is 0 Å². The Morgan fingerprint density at radius 1 is 1.35 bits per heavy atom. The third kappa shape index (κ3) is 1.44. The highest BCUT2D eigenvalue weighted by Gasteiger charge is 2.16. The van der Waals surface area contributed by atoms with Gasteiger partial charge in [-0.25, -0.2) is 15.6 Å². The third-order valence-corrected chi connectivity index (χ3v) is 2.44. The van der Waals surface area contributed by atoms with Crippen molar-refractivity contribution >= 4 is 17.1 Å². The number of hydrazine groups is 1. The minimum absolute atomic E-state index is 0.0770. The molecular formula is C8H10N6O3. The highest BCUT2D eigenvalue weighted by Crippen LogP contribution is 2.03. The number of aromatic nitrogens is 4. The fourth-order valence-electron chi connectivity index (χ4n) is 1.50. The number of rotatable bonds is 1. The van der Waals surface area contributed by atoms with Crippen LogP contribution in [0, 0.1) is 0 Å². The number of imidazole rings is 1. The highest BCUT2D eigenvalue weighted by atomic mass is 16.2. The number of hydrogen-bond acceptors (Lipinski definition) is 5. The molecule has 0 unspecified atom stereocenters. The summed E-state index contributed by atoms with van der Waals surface area (Å²) in [5, 5.41) is 0. The van der Waals surface area contributed by atoms with Gasteiger partial charge in [0.15, 0.2) is 17.0 Å². The van der Waals surface area contributed by atoms with Crippen molar-refractivity contribution in [2.45, 2.75) is 0 Å². The first-order valence-electron chi connectivity index (χ1n) is 4.64. The lowest BCUT2D eigenvalue weighted by Gasteiger charge is -2.00. The number of carbonyl (C=O) groups excluding carboxylic acids is 1. The van der Waals surface area contributed by atoms with Gasteiger partial charge in [-0.15, -0.1) is 0 Å². The number of nitrogens with one attached hydrogen (secondary N) is 2. The third-order valence-electron chi connectivity index (χ3n) is 2.44. The molecule has 0 aliphatic heterocycles. The maximum atomic E-state index is 11.7. The Hall–Kier alpha value is -2.42. The van der Waals surface area contributed by atoms with Crippen LogP contribution in [-0.4, -0.2) is 25.0 Å². The lowest BCUT2D eigenvalue weighted by Crippen LogP contribution is -2.36. The van der Waals surface area contributed by atoms with Crippen LogP contribution in [0.5, 0.6) is 0 Å². The molecule has 0 aliphatic rings. The molecule has 0 spiro atoms. The van der Waals surface area contributed by atoms with Crippen LogP contribution in [-0.2, 0) is 14.1 Å². The van der Waals surface area contributed by atoms with E-state index < -0.39 is 17.2 Å². The van der Waals surface area contributed by atoms with Crippen LogP contribution in [0.2, 0.25) is 0 Å². The monoisotopic (exact) mass is 238 g/mol. The zero-order valence-electron chi connectivity index (χ0n) is 9.14. The van der Waals surface area contributed by atoms with Gasteiger partial charge < -0.3 is 4.98 Å². The molecule has 9 heteroatoms. The van der Waals surface area contributed by atoms with Crippen molar-refractivity contribution in [2.75, 3.05) is 0 Å². The maximum absolute atomic E-state index is 11.7. The first kappa shape index (κ1) is 11.1. The number of aryl methyl sites for hydroxylation is 1. The predicted octanol–water partition coefficient (Wildman–Crippen LogP) is -2.44. The smallest absolute Gasteiger partial charge is 0.328 e. The van der Waals surface area contributed by atoms with Crippen molar-refractivity contribution in [1.82, 2.24) is 24.5 Å². The Balaban J connectivity index is 2.91. The fraction of sp³-hybridized carbons (Fsp3) is 0.250. The summed E-state index contributed by atoms with van der Waals surface area (Å²) < 4.78 is 2.09. The van der Waals surface area contributed by atoms with Crippen LogP contribution in [0.15, 0.2) is 9.59 Å². The molecule has 17 heavy (non-hydrogen) atoms. The predicted molar refractivity (Wildman–Crippen MR) is 58.2 cm³/mol. The first-order valence-corrected chi connectivity index (χ1v) is 4.64. The molecule has 1 amide bonds. The highest BCUT2D eigenvalue weighted by molar-refractivity contribution is 5.92. The van der Waals surface area contributed by atoms with Crippen LogP contribution in [0.25, 0.3) is 11.2 Å². The van der Waals surface area contributed by atoms with Gasteiger partial charge in [0.1, 0.15) is 0 Å². The molecule has 2 aromatic rings. The Kier molecular flexibility index (Phi) is 2.32. The van der Waals surface area contributed by atoms with Crippen molar-refractivity contribution in [3.63, 3.8) is 0 Å². The summed E-state index contributed by atoms with van der Waals surface area (Å²) in [6.07, 6.45) is 0. The average Bonchev–Trinajstić information content (AvgIpc) is 2.77. The number of carbonyl (C=O) groups is 1. The van der Waals surface area contributed by atoms with E-state index in [4.69, 9.17) is 5.84 Å². The molecule has 0 aliphatic carbocycles. The largest absolute Gasteiger partial charge is 0.332 e. The SMILES string of the molecule is Cn1c(=O)c2[nH]c(C(=O)NN)nc2n(C)c1=O. The molecule has 9 nitrogen and oxygen atoms in total. The molecule has 4 N–H and O–H groups in total. The van der Waals surface area contributed by atoms with Crippen LogP contribution < -0.4 is 22.5 Å². The number of hydrogen-bond donors (Lipinski definition) is 3. The molecule has 0 bridgehead atoms. The molecule has 0 saturated carbocycles. The van der Waals surface area contributed by atoms with Gasteiger partial charge in [-0.1, -0.05) is 0 Å². The van der Waals surface area contributed by atoms with E-state index in [-0.39, 0.29) is 17.0 Å². The topological polar surface area (TPSA) is 128 Å². The van der Waals surface area contributed by atoms with Gasteiger partial charge in [-0.3, -0.25) is 24.1 Å². The molecule has 0 radical (unpaired) electrons. The van der Waals surface area contributed by atoms with Crippen molar-refractivity contribution in [1.29, 1.82) is 0 Å². The second kappa shape index (κ2) is 3.56. The second-order valence-electron chi connectivity index (χ2n) is 3.46. The number of nitrogens with two attached hydrogens (primary N) is 1. The normalized spacial score (nSPS) is 10.8. The first-order chi connectivity index (χ1) is 7.97. The molecule has 0 atom stereocenters. The van der Waals surface area contributed by atoms with E-state index in [0.717, 1.165) is 4.57 Å². The standard InChI is InChI=1S/C8H10N6O3/c1-13-5-3(7(16)14(2)8(13)17)10-4(11-5)6(15)12-9/h9H2,1-2H3,(H,10,11)(H,12,15). The van der Waals surface area contributed by atoms with Crippen LogP contribution in [0.1, 0.15) is 10.6 Å². The lowest BCUT2D eigenvalue weighted by molar-refractivity contribution is 0.0944. The molecule has 90 valence electrons. The van der Waals surface area contributed by atoms with Crippen molar-refractivity contribution in [2.24, 2.45) is 19.9 Å². The van der Waals surface area contributed by atoms with E-state index >= 15 is 0 Å². The van der Waals surface area contributed by atoms with Crippen LogP contribution in [0.3, 0.4) is 0 Å². The fourth-order valence-corrected chi connectivity index (χ4v) is 1.50. The number of nitrogen functional groups attached to an aromatic ring is 1. The van der Waals surface area contributed by atoms with Gasteiger partial charge >= 0.3 is 11.6 Å². The summed E-state index contributed by atoms with van der Waals surface area (Å²) in [5.74, 6) is 4.16. The summed E-state index contributed by atoms with van der Waals surface area (Å²) >= 11 is 0. The summed E-state index contributed by atoms with van der Waals surface area (Å²) in [6.45, 7) is 0. The molecular weight excluding hydrogens is 228 g/mol. The molecule has 2 aromatic heterocycles. The average molecular weight is 238 g/mol. The summed E-state index contributed by atoms with van der Waals surface area (Å²) in [6, 6.07) is 0. The van der Waals surface area contributed by atoms with Gasteiger partial charge in [-0.05, 0) is 0 Å². The minimum atomic E-state index is -0.671. The minimum Gasteiger partial charge on any atom is -0.328 e. The van der Waals surface area contributed by atoms with E-state index in [0.29, 0.717) is 0 Å². The molecule has 2 heterocycles. The Morgan fingerprint density at radius 3 is 2.59 bits per heavy atom. The Bertz CT molecular complexity index is 721. The van der Waals surface area contributed by atoms with Gasteiger partial charge in [0.25, 0.3) is 5.56 Å². The van der Waals surface area contributed by atoms with Gasteiger partial charge in [0.2, 0.25) is 0 Å². The summed E-state index contributed by atoms with van der Waals surface area (Å²) in [5.41, 5.74) is 0.997. The number of amides is 1.